The van der Waals surface area contributed by atoms with E-state index in [9.17, 15) is 9.59 Å². The van der Waals surface area contributed by atoms with E-state index in [1.165, 1.54) is 0 Å². The first-order chi connectivity index (χ1) is 7.52. The number of nitrogens with one attached hydrogen (secondary N) is 1. The maximum absolute atomic E-state index is 11.7. The maximum atomic E-state index is 11.7. The minimum Gasteiger partial charge on any atom is -0.480 e. The Hall–Kier alpha value is -1.10. The van der Waals surface area contributed by atoms with Crippen LogP contribution < -0.4 is 5.32 Å². The zero-order valence-electron chi connectivity index (χ0n) is 10.3. The summed E-state index contributed by atoms with van der Waals surface area (Å²) in [5.74, 6) is -1.000. The number of rotatable bonds is 8. The van der Waals surface area contributed by atoms with Gasteiger partial charge in [0.05, 0.1) is 12.6 Å². The van der Waals surface area contributed by atoms with Crippen LogP contribution in [0.5, 0.6) is 0 Å². The van der Waals surface area contributed by atoms with E-state index in [1.807, 2.05) is 13.8 Å². The van der Waals surface area contributed by atoms with Gasteiger partial charge in [-0.3, -0.25) is 14.5 Å². The fraction of sp³-hybridized carbons (Fsp3) is 0.818. The first kappa shape index (κ1) is 14.9. The number of aliphatic carboxylic acids is 1. The van der Waals surface area contributed by atoms with E-state index in [4.69, 9.17) is 5.11 Å². The third-order valence-electron chi connectivity index (χ3n) is 2.33. The number of hydrogen-bond acceptors (Lipinski definition) is 3. The summed E-state index contributed by atoms with van der Waals surface area (Å²) in [4.78, 5) is 24.0. The quantitative estimate of drug-likeness (QED) is 0.644. The van der Waals surface area contributed by atoms with E-state index < -0.39 is 5.97 Å². The first-order valence-corrected chi connectivity index (χ1v) is 5.76. The predicted molar refractivity (Wildman–Crippen MR) is 62.3 cm³/mol. The Labute approximate surface area is 96.8 Å². The van der Waals surface area contributed by atoms with Crippen molar-refractivity contribution in [2.75, 3.05) is 19.6 Å². The minimum absolute atomic E-state index is 0.0887. The predicted octanol–water partition coefficient (Wildman–Crippen LogP) is 0.698. The topological polar surface area (TPSA) is 69.6 Å². The molecule has 0 aliphatic carbocycles. The second kappa shape index (κ2) is 8.10. The Morgan fingerprint density at radius 1 is 1.31 bits per heavy atom. The molecule has 94 valence electrons. The van der Waals surface area contributed by atoms with Crippen LogP contribution in [0.15, 0.2) is 0 Å². The zero-order chi connectivity index (χ0) is 12.6. The Morgan fingerprint density at radius 2 is 1.94 bits per heavy atom. The van der Waals surface area contributed by atoms with Gasteiger partial charge in [0.1, 0.15) is 0 Å². The molecule has 0 aromatic rings. The lowest BCUT2D eigenvalue weighted by Gasteiger charge is -2.26. The lowest BCUT2D eigenvalue weighted by molar-refractivity contribution is -0.139. The van der Waals surface area contributed by atoms with Gasteiger partial charge in [-0.25, -0.2) is 0 Å². The minimum atomic E-state index is -0.899. The lowest BCUT2D eigenvalue weighted by Crippen LogP contribution is -2.47. The fourth-order valence-corrected chi connectivity index (χ4v) is 1.43. The molecular formula is C11H22N2O3. The van der Waals surface area contributed by atoms with Crippen LogP contribution in [0.2, 0.25) is 0 Å². The second-order valence-electron chi connectivity index (χ2n) is 3.83. The number of amides is 1. The van der Waals surface area contributed by atoms with Crippen LogP contribution in [0.3, 0.4) is 0 Å². The third-order valence-corrected chi connectivity index (χ3v) is 2.33. The highest BCUT2D eigenvalue weighted by Crippen LogP contribution is 2.00. The Kier molecular flexibility index (Phi) is 7.54. The molecule has 1 unspecified atom stereocenters. The first-order valence-electron chi connectivity index (χ1n) is 5.76. The molecular weight excluding hydrogens is 208 g/mol. The van der Waals surface area contributed by atoms with E-state index in [1.54, 1.807) is 11.8 Å². The summed E-state index contributed by atoms with van der Waals surface area (Å²) in [7, 11) is 0. The highest BCUT2D eigenvalue weighted by atomic mass is 16.4. The molecule has 0 saturated carbocycles. The summed E-state index contributed by atoms with van der Waals surface area (Å²) in [6.07, 6.45) is 1.71. The van der Waals surface area contributed by atoms with E-state index in [2.05, 4.69) is 5.32 Å². The molecule has 0 bridgehead atoms. The maximum Gasteiger partial charge on any atom is 0.317 e. The van der Waals surface area contributed by atoms with Crippen molar-refractivity contribution in [1.82, 2.24) is 10.2 Å². The van der Waals surface area contributed by atoms with Gasteiger partial charge in [0.25, 0.3) is 0 Å². The van der Waals surface area contributed by atoms with Crippen LogP contribution >= 0.6 is 0 Å². The van der Waals surface area contributed by atoms with Crippen molar-refractivity contribution in [2.45, 2.75) is 39.7 Å². The van der Waals surface area contributed by atoms with E-state index >= 15 is 0 Å². The van der Waals surface area contributed by atoms with Crippen LogP contribution in [-0.2, 0) is 9.59 Å². The van der Waals surface area contributed by atoms with Crippen LogP contribution in [0, 0.1) is 0 Å². The highest BCUT2D eigenvalue weighted by molar-refractivity contribution is 5.82. The largest absolute Gasteiger partial charge is 0.480 e. The molecule has 0 fully saturated rings. The summed E-state index contributed by atoms with van der Waals surface area (Å²) in [5.41, 5.74) is 0. The van der Waals surface area contributed by atoms with Gasteiger partial charge >= 0.3 is 5.97 Å². The van der Waals surface area contributed by atoms with Crippen molar-refractivity contribution in [2.24, 2.45) is 0 Å². The monoisotopic (exact) mass is 230 g/mol. The second-order valence-corrected chi connectivity index (χ2v) is 3.83. The van der Waals surface area contributed by atoms with Crippen molar-refractivity contribution < 1.29 is 14.7 Å². The smallest absolute Gasteiger partial charge is 0.317 e. The molecule has 0 radical (unpaired) electrons. The molecule has 16 heavy (non-hydrogen) atoms. The molecule has 0 saturated heterocycles. The summed E-state index contributed by atoms with van der Waals surface area (Å²) in [6, 6.07) is -0.386. The molecule has 0 aliphatic heterocycles. The number of carbonyl (C=O) groups excluding carboxylic acids is 1. The average Bonchev–Trinajstić information content (AvgIpc) is 2.23. The standard InChI is InChI=1S/C11H22N2O3/c1-4-6-12-11(16)9(3)13(7-5-2)8-10(14)15/h9H,4-8H2,1-3H3,(H,12,16)(H,14,15). The Morgan fingerprint density at radius 3 is 2.38 bits per heavy atom. The SMILES string of the molecule is CCCNC(=O)C(C)N(CCC)CC(=O)O. The van der Waals surface area contributed by atoms with Crippen LogP contribution in [0.25, 0.3) is 0 Å². The van der Waals surface area contributed by atoms with Crippen molar-refractivity contribution in [1.29, 1.82) is 0 Å². The van der Waals surface area contributed by atoms with Gasteiger partial charge in [0, 0.05) is 6.54 Å². The van der Waals surface area contributed by atoms with Crippen LogP contribution in [0.4, 0.5) is 0 Å². The van der Waals surface area contributed by atoms with Gasteiger partial charge in [-0.1, -0.05) is 13.8 Å². The number of carboxylic acid groups (broad SMARTS) is 1. The van der Waals surface area contributed by atoms with Crippen molar-refractivity contribution >= 4 is 11.9 Å². The molecule has 0 heterocycles. The lowest BCUT2D eigenvalue weighted by atomic mass is 10.2. The molecule has 2 N–H and O–H groups in total. The molecule has 1 amide bonds. The van der Waals surface area contributed by atoms with Crippen molar-refractivity contribution in [3.8, 4) is 0 Å². The molecule has 5 nitrogen and oxygen atoms in total. The van der Waals surface area contributed by atoms with Crippen LogP contribution in [0.1, 0.15) is 33.6 Å². The van der Waals surface area contributed by atoms with Gasteiger partial charge in [0.2, 0.25) is 5.91 Å². The highest BCUT2D eigenvalue weighted by Gasteiger charge is 2.21. The van der Waals surface area contributed by atoms with Gasteiger partial charge < -0.3 is 10.4 Å². The number of nitrogens with zero attached hydrogens (tertiary/aromatic N) is 1. The molecule has 0 spiro atoms. The number of hydrogen-bond donors (Lipinski definition) is 2. The molecule has 0 rings (SSSR count). The Bertz CT molecular complexity index is 231. The summed E-state index contributed by atoms with van der Waals surface area (Å²) < 4.78 is 0. The van der Waals surface area contributed by atoms with Gasteiger partial charge in [0.15, 0.2) is 0 Å². The Balaban J connectivity index is 4.28. The average molecular weight is 230 g/mol. The van der Waals surface area contributed by atoms with Crippen LogP contribution in [-0.4, -0.2) is 47.6 Å². The molecule has 0 aliphatic rings. The normalized spacial score (nSPS) is 12.5. The summed E-state index contributed by atoms with van der Waals surface area (Å²) >= 11 is 0. The molecule has 0 aromatic heterocycles. The fourth-order valence-electron chi connectivity index (χ4n) is 1.43. The van der Waals surface area contributed by atoms with E-state index in [0.717, 1.165) is 12.8 Å². The zero-order valence-corrected chi connectivity index (χ0v) is 10.3. The van der Waals surface area contributed by atoms with Crippen molar-refractivity contribution in [3.05, 3.63) is 0 Å². The van der Waals surface area contributed by atoms with Gasteiger partial charge in [-0.2, -0.15) is 0 Å². The number of carboxylic acids is 1. The summed E-state index contributed by atoms with van der Waals surface area (Å²) in [5, 5.41) is 11.5. The number of carbonyl (C=O) groups is 2. The third kappa shape index (κ3) is 5.70. The van der Waals surface area contributed by atoms with Gasteiger partial charge in [-0.15, -0.1) is 0 Å². The molecule has 5 heteroatoms. The van der Waals surface area contributed by atoms with E-state index in [-0.39, 0.29) is 18.5 Å². The molecule has 0 aromatic carbocycles. The summed E-state index contributed by atoms with van der Waals surface area (Å²) in [6.45, 7) is 6.85. The van der Waals surface area contributed by atoms with Crippen molar-refractivity contribution in [3.63, 3.8) is 0 Å². The molecule has 1 atom stereocenters. The van der Waals surface area contributed by atoms with Gasteiger partial charge in [-0.05, 0) is 26.3 Å². The van der Waals surface area contributed by atoms with E-state index in [0.29, 0.717) is 13.1 Å².